The van der Waals surface area contributed by atoms with E-state index in [0.717, 1.165) is 22.2 Å². The van der Waals surface area contributed by atoms with Crippen LogP contribution in [-0.4, -0.2) is 19.7 Å². The Morgan fingerprint density at radius 1 is 1.04 bits per heavy atom. The van der Waals surface area contributed by atoms with Crippen molar-refractivity contribution >= 4 is 10.9 Å². The monoisotopic (exact) mass is 376 g/mol. The lowest BCUT2D eigenvalue weighted by Gasteiger charge is -2.16. The molecule has 0 atom stereocenters. The van der Waals surface area contributed by atoms with E-state index in [1.165, 1.54) is 12.1 Å². The molecule has 4 nitrogen and oxygen atoms in total. The predicted octanol–water partition coefficient (Wildman–Crippen LogP) is 4.43. The van der Waals surface area contributed by atoms with E-state index in [1.807, 2.05) is 37.5 Å². The SMILES string of the molecule is Cn1cc2cc(-c3cc(F)c(CN4Cc5cccnc5C4)cc3F)ccc2n1. The van der Waals surface area contributed by atoms with Gasteiger partial charge in [0.15, 0.2) is 0 Å². The van der Waals surface area contributed by atoms with Crippen molar-refractivity contribution in [2.75, 3.05) is 0 Å². The minimum Gasteiger partial charge on any atom is -0.289 e. The van der Waals surface area contributed by atoms with Gasteiger partial charge in [-0.25, -0.2) is 8.78 Å². The van der Waals surface area contributed by atoms with Crippen molar-refractivity contribution in [1.29, 1.82) is 0 Å². The lowest BCUT2D eigenvalue weighted by atomic mass is 10.0. The molecule has 0 spiro atoms. The molecule has 2 aromatic heterocycles. The Balaban J connectivity index is 1.43. The first-order chi connectivity index (χ1) is 13.6. The molecule has 0 aliphatic carbocycles. The maximum atomic E-state index is 14.8. The molecule has 0 fully saturated rings. The molecule has 5 rings (SSSR count). The number of benzene rings is 2. The van der Waals surface area contributed by atoms with Crippen LogP contribution in [0.25, 0.3) is 22.0 Å². The fraction of sp³-hybridized carbons (Fsp3) is 0.182. The topological polar surface area (TPSA) is 34.0 Å². The van der Waals surface area contributed by atoms with Gasteiger partial charge in [0, 0.05) is 55.6 Å². The van der Waals surface area contributed by atoms with Crippen molar-refractivity contribution in [2.24, 2.45) is 7.05 Å². The lowest BCUT2D eigenvalue weighted by molar-refractivity contribution is 0.269. The largest absolute Gasteiger partial charge is 0.289 e. The van der Waals surface area contributed by atoms with Crippen LogP contribution in [0.4, 0.5) is 8.78 Å². The van der Waals surface area contributed by atoms with E-state index in [4.69, 9.17) is 0 Å². The van der Waals surface area contributed by atoms with Gasteiger partial charge in [0.05, 0.1) is 11.2 Å². The number of hydrogen-bond acceptors (Lipinski definition) is 3. The Morgan fingerprint density at radius 2 is 1.93 bits per heavy atom. The first-order valence-corrected chi connectivity index (χ1v) is 9.13. The van der Waals surface area contributed by atoms with Crippen LogP contribution in [0.5, 0.6) is 0 Å². The molecular formula is C22H18F2N4. The van der Waals surface area contributed by atoms with Gasteiger partial charge in [-0.1, -0.05) is 12.1 Å². The predicted molar refractivity (Wildman–Crippen MR) is 103 cm³/mol. The van der Waals surface area contributed by atoms with E-state index in [0.29, 0.717) is 30.8 Å². The summed E-state index contributed by atoms with van der Waals surface area (Å²) in [6.07, 6.45) is 3.62. The van der Waals surface area contributed by atoms with Crippen LogP contribution < -0.4 is 0 Å². The molecule has 6 heteroatoms. The van der Waals surface area contributed by atoms with Crippen LogP contribution in [-0.2, 0) is 26.7 Å². The molecule has 0 saturated carbocycles. The highest BCUT2D eigenvalue weighted by Gasteiger charge is 2.21. The summed E-state index contributed by atoms with van der Waals surface area (Å²) >= 11 is 0. The molecule has 140 valence electrons. The molecule has 0 N–H and O–H groups in total. The Morgan fingerprint density at radius 3 is 2.79 bits per heavy atom. The summed E-state index contributed by atoms with van der Waals surface area (Å²) < 4.78 is 31.3. The minimum absolute atomic E-state index is 0.262. The summed E-state index contributed by atoms with van der Waals surface area (Å²) in [4.78, 5) is 6.42. The van der Waals surface area contributed by atoms with Crippen molar-refractivity contribution < 1.29 is 8.78 Å². The third-order valence-corrected chi connectivity index (χ3v) is 5.21. The zero-order valence-electron chi connectivity index (χ0n) is 15.4. The summed E-state index contributed by atoms with van der Waals surface area (Å²) in [5, 5.41) is 5.21. The number of pyridine rings is 1. The third kappa shape index (κ3) is 2.96. The number of rotatable bonds is 3. The van der Waals surface area contributed by atoms with E-state index in [-0.39, 0.29) is 5.56 Å². The Hall–Kier alpha value is -3.12. The van der Waals surface area contributed by atoms with Crippen LogP contribution in [0.15, 0.2) is 54.9 Å². The summed E-state index contributed by atoms with van der Waals surface area (Å²) in [7, 11) is 1.83. The highest BCUT2D eigenvalue weighted by atomic mass is 19.1. The number of fused-ring (bicyclic) bond motifs is 2. The van der Waals surface area contributed by atoms with Crippen LogP contribution in [0, 0.1) is 11.6 Å². The van der Waals surface area contributed by atoms with Crippen LogP contribution in [0.3, 0.4) is 0 Å². The second kappa shape index (κ2) is 6.49. The maximum Gasteiger partial charge on any atom is 0.131 e. The highest BCUT2D eigenvalue weighted by Crippen LogP contribution is 2.30. The van der Waals surface area contributed by atoms with E-state index >= 15 is 0 Å². The first-order valence-electron chi connectivity index (χ1n) is 9.13. The second-order valence-electron chi connectivity index (χ2n) is 7.25. The van der Waals surface area contributed by atoms with Gasteiger partial charge < -0.3 is 0 Å². The van der Waals surface area contributed by atoms with Crippen molar-refractivity contribution in [3.05, 3.63) is 83.3 Å². The van der Waals surface area contributed by atoms with Gasteiger partial charge in [0.25, 0.3) is 0 Å². The number of hydrogen-bond donors (Lipinski definition) is 0. The lowest BCUT2D eigenvalue weighted by Crippen LogP contribution is -2.17. The van der Waals surface area contributed by atoms with Crippen molar-refractivity contribution in [3.63, 3.8) is 0 Å². The molecule has 3 heterocycles. The quantitative estimate of drug-likeness (QED) is 0.530. The Bertz CT molecular complexity index is 1170. The first kappa shape index (κ1) is 17.0. The molecule has 0 saturated heterocycles. The molecule has 0 radical (unpaired) electrons. The normalized spacial score (nSPS) is 14.0. The van der Waals surface area contributed by atoms with Gasteiger partial charge in [-0.15, -0.1) is 0 Å². The minimum atomic E-state index is -0.422. The highest BCUT2D eigenvalue weighted by molar-refractivity contribution is 5.84. The van der Waals surface area contributed by atoms with Gasteiger partial charge >= 0.3 is 0 Å². The maximum absolute atomic E-state index is 14.8. The smallest absolute Gasteiger partial charge is 0.131 e. The van der Waals surface area contributed by atoms with Crippen LogP contribution in [0.1, 0.15) is 16.8 Å². The Labute approximate surface area is 161 Å². The zero-order valence-corrected chi connectivity index (χ0v) is 15.4. The zero-order chi connectivity index (χ0) is 19.3. The molecule has 28 heavy (non-hydrogen) atoms. The standard InChI is InChI=1S/C22H18F2N4/c1-27-10-17-7-14(4-5-21(17)26-27)18-9-19(23)16(8-20(18)24)12-28-11-15-3-2-6-25-22(15)13-28/h2-10H,11-13H2,1H3. The fourth-order valence-electron chi connectivity index (χ4n) is 3.87. The average Bonchev–Trinajstić information content (AvgIpc) is 3.25. The van der Waals surface area contributed by atoms with Crippen LogP contribution in [0.2, 0.25) is 0 Å². The van der Waals surface area contributed by atoms with Gasteiger partial charge in [0.2, 0.25) is 0 Å². The number of aryl methyl sites for hydroxylation is 1. The molecule has 0 amide bonds. The molecule has 2 aromatic carbocycles. The van der Waals surface area contributed by atoms with E-state index in [1.54, 1.807) is 16.9 Å². The number of nitrogens with zero attached hydrogens (tertiary/aromatic N) is 4. The van der Waals surface area contributed by atoms with Gasteiger partial charge in [-0.2, -0.15) is 5.10 Å². The van der Waals surface area contributed by atoms with E-state index in [9.17, 15) is 8.78 Å². The second-order valence-corrected chi connectivity index (χ2v) is 7.25. The molecule has 0 bridgehead atoms. The molecule has 1 aliphatic rings. The van der Waals surface area contributed by atoms with Crippen molar-refractivity contribution in [3.8, 4) is 11.1 Å². The Kier molecular flexibility index (Phi) is 3.94. The fourth-order valence-corrected chi connectivity index (χ4v) is 3.87. The van der Waals surface area contributed by atoms with E-state index < -0.39 is 11.6 Å². The average molecular weight is 376 g/mol. The van der Waals surface area contributed by atoms with Gasteiger partial charge in [-0.3, -0.25) is 14.6 Å². The number of aromatic nitrogens is 3. The number of halogens is 2. The summed E-state index contributed by atoms with van der Waals surface area (Å²) in [5.41, 5.74) is 4.23. The third-order valence-electron chi connectivity index (χ3n) is 5.21. The molecule has 4 aromatic rings. The molecule has 1 aliphatic heterocycles. The van der Waals surface area contributed by atoms with Crippen molar-refractivity contribution in [1.82, 2.24) is 19.7 Å². The van der Waals surface area contributed by atoms with Crippen LogP contribution >= 0.6 is 0 Å². The molecule has 0 unspecified atom stereocenters. The van der Waals surface area contributed by atoms with Gasteiger partial charge in [0.1, 0.15) is 11.6 Å². The molecular weight excluding hydrogens is 358 g/mol. The summed E-state index contributed by atoms with van der Waals surface area (Å²) in [5.74, 6) is -0.818. The summed E-state index contributed by atoms with van der Waals surface area (Å²) in [6.45, 7) is 1.70. The van der Waals surface area contributed by atoms with Crippen molar-refractivity contribution in [2.45, 2.75) is 19.6 Å². The van der Waals surface area contributed by atoms with E-state index in [2.05, 4.69) is 15.0 Å². The van der Waals surface area contributed by atoms with Gasteiger partial charge in [-0.05, 0) is 41.5 Å². The summed E-state index contributed by atoms with van der Waals surface area (Å²) in [6, 6.07) is 12.0.